The summed E-state index contributed by atoms with van der Waals surface area (Å²) < 4.78 is 4.78. The van der Waals surface area contributed by atoms with Crippen molar-refractivity contribution in [3.8, 4) is 0 Å². The van der Waals surface area contributed by atoms with Crippen molar-refractivity contribution in [2.75, 3.05) is 10.6 Å². The van der Waals surface area contributed by atoms with Gasteiger partial charge in [-0.15, -0.1) is 0 Å². The number of fused-ring (bicyclic) bond motifs is 1. The molecule has 0 fully saturated rings. The number of rotatable bonds is 2. The molecule has 134 valence electrons. The van der Waals surface area contributed by atoms with Gasteiger partial charge in [-0.05, 0) is 28.2 Å². The maximum absolute atomic E-state index is 13.0. The topological polar surface area (TPSA) is 123 Å². The van der Waals surface area contributed by atoms with Gasteiger partial charge in [0, 0.05) is 23.8 Å². The number of hydrogen-bond acceptors (Lipinski definition) is 8. The number of para-hydroxylation sites is 1. The molecule has 1 aromatic heterocycles. The van der Waals surface area contributed by atoms with E-state index >= 15 is 0 Å². The van der Waals surface area contributed by atoms with Crippen molar-refractivity contribution in [2.45, 2.75) is 32.7 Å². The van der Waals surface area contributed by atoms with Crippen LogP contribution in [0.15, 0.2) is 40.2 Å². The third-order valence-corrected chi connectivity index (χ3v) is 4.69. The Bertz CT molecular complexity index is 946. The fraction of sp³-hybridized carbons (Fsp3) is 0.353. The Hall–Kier alpha value is -3.23. The van der Waals surface area contributed by atoms with E-state index in [9.17, 15) is 14.9 Å². The summed E-state index contributed by atoms with van der Waals surface area (Å²) in [6.45, 7) is 4.02. The Balaban J connectivity index is 1.92. The van der Waals surface area contributed by atoms with Gasteiger partial charge in [-0.25, -0.2) is 4.63 Å². The molecule has 1 aliphatic carbocycles. The smallest absolute Gasteiger partial charge is 0.275 e. The molecule has 0 radical (unpaired) electrons. The minimum absolute atomic E-state index is 0.0542. The third kappa shape index (κ3) is 2.61. The Morgan fingerprint density at radius 2 is 1.96 bits per heavy atom. The first-order valence-corrected chi connectivity index (χ1v) is 8.21. The van der Waals surface area contributed by atoms with Crippen molar-refractivity contribution in [3.63, 3.8) is 0 Å². The Morgan fingerprint density at radius 3 is 2.73 bits per heavy atom. The molecule has 2 heterocycles. The van der Waals surface area contributed by atoms with E-state index in [2.05, 4.69) is 20.9 Å². The van der Waals surface area contributed by atoms with E-state index in [1.54, 1.807) is 18.2 Å². The average molecular weight is 355 g/mol. The monoisotopic (exact) mass is 355 g/mol. The van der Waals surface area contributed by atoms with Gasteiger partial charge in [0.15, 0.2) is 5.78 Å². The second kappa shape index (κ2) is 5.65. The van der Waals surface area contributed by atoms with Crippen LogP contribution in [0.25, 0.3) is 0 Å². The maximum atomic E-state index is 13.0. The number of carbonyl (C=O) groups excluding carboxylic acids is 1. The largest absolute Gasteiger partial charge is 0.353 e. The lowest BCUT2D eigenvalue weighted by Crippen LogP contribution is -2.31. The van der Waals surface area contributed by atoms with E-state index in [-0.39, 0.29) is 16.9 Å². The van der Waals surface area contributed by atoms with Crippen LogP contribution in [0.5, 0.6) is 0 Å². The zero-order valence-corrected chi connectivity index (χ0v) is 14.3. The predicted molar refractivity (Wildman–Crippen MR) is 92.4 cm³/mol. The van der Waals surface area contributed by atoms with Crippen LogP contribution >= 0.6 is 0 Å². The van der Waals surface area contributed by atoms with Crippen LogP contribution in [0, 0.1) is 15.5 Å². The molecule has 9 heteroatoms. The van der Waals surface area contributed by atoms with Gasteiger partial charge in [0.2, 0.25) is 11.6 Å². The lowest BCUT2D eigenvalue weighted by Gasteiger charge is -2.33. The molecule has 26 heavy (non-hydrogen) atoms. The number of carbonyl (C=O) groups is 1. The molecule has 2 N–H and O–H groups in total. The summed E-state index contributed by atoms with van der Waals surface area (Å²) in [5, 5.41) is 25.4. The predicted octanol–water partition coefficient (Wildman–Crippen LogP) is 3.20. The molecule has 0 bridgehead atoms. The Morgan fingerprint density at radius 1 is 1.23 bits per heavy atom. The standard InChI is InChI=1S/C17H17N5O4/c1-17(2)7-10-13(12(23)8-17)14(19-16-15(18-10)20-26-21-16)9-5-3-4-6-11(9)22(24)25/h3-6,14H,7-8H2,1-2H3,(H,18,20)(H,19,21). The molecular formula is C17H17N5O4. The number of anilines is 2. The maximum Gasteiger partial charge on any atom is 0.275 e. The van der Waals surface area contributed by atoms with Crippen LogP contribution < -0.4 is 10.6 Å². The highest BCUT2D eigenvalue weighted by Crippen LogP contribution is 2.45. The molecule has 0 saturated carbocycles. The van der Waals surface area contributed by atoms with Gasteiger partial charge < -0.3 is 10.6 Å². The van der Waals surface area contributed by atoms with E-state index in [0.717, 1.165) is 0 Å². The van der Waals surface area contributed by atoms with Crippen molar-refractivity contribution in [2.24, 2.45) is 5.41 Å². The normalized spacial score (nSPS) is 21.2. The molecule has 0 spiro atoms. The molecule has 2 aromatic rings. The number of nitro groups is 1. The molecule has 1 aliphatic heterocycles. The van der Waals surface area contributed by atoms with Gasteiger partial charge in [-0.2, -0.15) is 0 Å². The molecule has 0 amide bonds. The van der Waals surface area contributed by atoms with Gasteiger partial charge in [-0.1, -0.05) is 26.0 Å². The first-order chi connectivity index (χ1) is 12.4. The zero-order valence-electron chi connectivity index (χ0n) is 14.3. The van der Waals surface area contributed by atoms with Gasteiger partial charge >= 0.3 is 0 Å². The lowest BCUT2D eigenvalue weighted by atomic mass is 9.73. The van der Waals surface area contributed by atoms with Crippen molar-refractivity contribution in [1.29, 1.82) is 0 Å². The average Bonchev–Trinajstić information content (AvgIpc) is 2.93. The number of aromatic nitrogens is 2. The first kappa shape index (κ1) is 16.2. The fourth-order valence-electron chi connectivity index (χ4n) is 3.63. The number of nitro benzene ring substituents is 1. The van der Waals surface area contributed by atoms with E-state index in [0.29, 0.717) is 41.3 Å². The molecule has 4 rings (SSSR count). The number of benzene rings is 1. The highest BCUT2D eigenvalue weighted by molar-refractivity contribution is 6.00. The van der Waals surface area contributed by atoms with E-state index in [4.69, 9.17) is 4.63 Å². The van der Waals surface area contributed by atoms with E-state index in [1.165, 1.54) is 6.07 Å². The van der Waals surface area contributed by atoms with Crippen molar-refractivity contribution >= 4 is 23.1 Å². The summed E-state index contributed by atoms with van der Waals surface area (Å²) in [5.74, 6) is 0.624. The quantitative estimate of drug-likeness (QED) is 0.622. The second-order valence-electron chi connectivity index (χ2n) is 7.31. The minimum Gasteiger partial charge on any atom is -0.353 e. The van der Waals surface area contributed by atoms with Crippen molar-refractivity contribution < 1.29 is 14.3 Å². The van der Waals surface area contributed by atoms with Crippen LogP contribution in [0.4, 0.5) is 17.3 Å². The Kier molecular flexibility index (Phi) is 3.53. The second-order valence-corrected chi connectivity index (χ2v) is 7.31. The number of Topliss-reactive ketones (excluding diaryl/α,β-unsaturated/α-hetero) is 1. The van der Waals surface area contributed by atoms with Crippen molar-refractivity contribution in [3.05, 3.63) is 51.2 Å². The molecule has 1 atom stereocenters. The highest BCUT2D eigenvalue weighted by atomic mass is 16.6. The molecule has 9 nitrogen and oxygen atoms in total. The van der Waals surface area contributed by atoms with Crippen LogP contribution in [-0.4, -0.2) is 21.0 Å². The fourth-order valence-corrected chi connectivity index (χ4v) is 3.63. The summed E-state index contributed by atoms with van der Waals surface area (Å²) in [5.41, 5.74) is 1.29. The molecule has 0 saturated heterocycles. The zero-order chi connectivity index (χ0) is 18.5. The van der Waals surface area contributed by atoms with Crippen molar-refractivity contribution in [1.82, 2.24) is 10.3 Å². The van der Waals surface area contributed by atoms with Crippen LogP contribution in [-0.2, 0) is 4.79 Å². The minimum atomic E-state index is -0.712. The van der Waals surface area contributed by atoms with Crippen LogP contribution in [0.2, 0.25) is 0 Å². The Labute approximate surface area is 148 Å². The van der Waals surface area contributed by atoms with Gasteiger partial charge in [0.05, 0.1) is 16.5 Å². The summed E-state index contributed by atoms with van der Waals surface area (Å²) in [7, 11) is 0. The molecule has 1 unspecified atom stereocenters. The number of ketones is 1. The van der Waals surface area contributed by atoms with Crippen LogP contribution in [0.3, 0.4) is 0 Å². The summed E-state index contributed by atoms with van der Waals surface area (Å²) in [6, 6.07) is 5.67. The van der Waals surface area contributed by atoms with Gasteiger partial charge in [-0.3, -0.25) is 14.9 Å². The number of hydrogen-bond donors (Lipinski definition) is 2. The summed E-state index contributed by atoms with van der Waals surface area (Å²) in [4.78, 5) is 24.0. The number of nitrogens with one attached hydrogen (secondary N) is 2. The molecular weight excluding hydrogens is 338 g/mol. The molecule has 1 aromatic carbocycles. The number of allylic oxidation sites excluding steroid dienone is 1. The van der Waals surface area contributed by atoms with Crippen LogP contribution in [0.1, 0.15) is 38.3 Å². The number of nitrogens with zero attached hydrogens (tertiary/aromatic N) is 3. The van der Waals surface area contributed by atoms with E-state index < -0.39 is 11.0 Å². The first-order valence-electron chi connectivity index (χ1n) is 8.21. The molecule has 2 aliphatic rings. The van der Waals surface area contributed by atoms with Gasteiger partial charge in [0.25, 0.3) is 5.69 Å². The SMILES string of the molecule is CC1(C)CC(=O)C2=C(C1)Nc1nonc1NC2c1ccccc1[N+](=O)[O-]. The highest BCUT2D eigenvalue weighted by Gasteiger charge is 2.41. The van der Waals surface area contributed by atoms with E-state index in [1.807, 2.05) is 13.8 Å². The third-order valence-electron chi connectivity index (χ3n) is 4.69. The summed E-state index contributed by atoms with van der Waals surface area (Å²) >= 11 is 0. The summed E-state index contributed by atoms with van der Waals surface area (Å²) in [6.07, 6.45) is 0.973. The lowest BCUT2D eigenvalue weighted by molar-refractivity contribution is -0.385. The van der Waals surface area contributed by atoms with Gasteiger partial charge in [0.1, 0.15) is 0 Å².